The van der Waals surface area contributed by atoms with Crippen LogP contribution in [0, 0.1) is 3.57 Å². The van der Waals surface area contributed by atoms with Gasteiger partial charge in [-0.1, -0.05) is 0 Å². The molecule has 1 aromatic carbocycles. The van der Waals surface area contributed by atoms with Crippen LogP contribution in [0.15, 0.2) is 36.4 Å². The maximum atomic E-state index is 5.81. The van der Waals surface area contributed by atoms with Crippen LogP contribution in [0.1, 0.15) is 13.8 Å². The third kappa shape index (κ3) is 3.99. The molecule has 0 aliphatic heterocycles. The summed E-state index contributed by atoms with van der Waals surface area (Å²) in [6.07, 6.45) is 0.0170. The lowest BCUT2D eigenvalue weighted by Gasteiger charge is -2.12. The highest BCUT2D eigenvalue weighted by Crippen LogP contribution is 2.26. The molecular weight excluding hydrogens is 355 g/mol. The molecule has 19 heavy (non-hydrogen) atoms. The summed E-state index contributed by atoms with van der Waals surface area (Å²) in [5.74, 6) is 1.59. The molecule has 0 bridgehead atoms. The number of pyridine rings is 1. The van der Waals surface area contributed by atoms with Gasteiger partial charge in [-0.3, -0.25) is 0 Å². The lowest BCUT2D eigenvalue weighted by Crippen LogP contribution is -2.09. The third-order valence-electron chi connectivity index (χ3n) is 2.25. The quantitative estimate of drug-likeness (QED) is 0.831. The summed E-state index contributed by atoms with van der Waals surface area (Å²) in [5.41, 5.74) is 6.31. The molecule has 2 aromatic rings. The fourth-order valence-electron chi connectivity index (χ4n) is 1.43. The number of hydrogen-bond donors (Lipinski definition) is 1. The normalized spacial score (nSPS) is 10.5. The van der Waals surface area contributed by atoms with Gasteiger partial charge in [0.15, 0.2) is 0 Å². The van der Waals surface area contributed by atoms with Crippen LogP contribution in [0.25, 0.3) is 0 Å². The highest BCUT2D eigenvalue weighted by atomic mass is 127. The molecule has 0 amide bonds. The van der Waals surface area contributed by atoms with Gasteiger partial charge in [0.2, 0.25) is 11.8 Å². The lowest BCUT2D eigenvalue weighted by atomic mass is 10.3. The van der Waals surface area contributed by atoms with Crippen molar-refractivity contribution in [2.45, 2.75) is 20.0 Å². The molecule has 0 spiro atoms. The van der Waals surface area contributed by atoms with Gasteiger partial charge in [0, 0.05) is 9.64 Å². The first-order valence-corrected chi connectivity index (χ1v) is 6.99. The number of aromatic nitrogens is 1. The summed E-state index contributed by atoms with van der Waals surface area (Å²) in [7, 11) is 0. The smallest absolute Gasteiger partial charge is 0.240 e. The number of anilines is 1. The van der Waals surface area contributed by atoms with Crippen LogP contribution in [0.3, 0.4) is 0 Å². The summed E-state index contributed by atoms with van der Waals surface area (Å²) in [6, 6.07) is 11.2. The van der Waals surface area contributed by atoms with Gasteiger partial charge in [0.05, 0.1) is 11.8 Å². The minimum absolute atomic E-state index is 0.0170. The highest BCUT2D eigenvalue weighted by Gasteiger charge is 2.07. The Labute approximate surface area is 126 Å². The van der Waals surface area contributed by atoms with Gasteiger partial charge in [-0.15, -0.1) is 0 Å². The predicted molar refractivity (Wildman–Crippen MR) is 83.6 cm³/mol. The number of ether oxygens (including phenoxy) is 2. The largest absolute Gasteiger partial charge is 0.473 e. The van der Waals surface area contributed by atoms with Crippen molar-refractivity contribution in [1.29, 1.82) is 0 Å². The minimum Gasteiger partial charge on any atom is -0.473 e. The van der Waals surface area contributed by atoms with Crippen molar-refractivity contribution in [3.8, 4) is 17.5 Å². The van der Waals surface area contributed by atoms with Crippen LogP contribution in [-0.2, 0) is 0 Å². The minimum atomic E-state index is 0.0170. The van der Waals surface area contributed by atoms with Crippen LogP contribution in [0.2, 0.25) is 0 Å². The number of benzene rings is 1. The zero-order valence-electron chi connectivity index (χ0n) is 10.8. The van der Waals surface area contributed by atoms with E-state index in [1.807, 2.05) is 38.1 Å². The zero-order chi connectivity index (χ0) is 13.8. The third-order valence-corrected chi connectivity index (χ3v) is 2.97. The summed E-state index contributed by atoms with van der Waals surface area (Å²) >= 11 is 2.24. The number of nitrogens with two attached hydrogens (primary N) is 1. The van der Waals surface area contributed by atoms with Gasteiger partial charge in [-0.25, -0.2) is 0 Å². The maximum absolute atomic E-state index is 5.81. The maximum Gasteiger partial charge on any atom is 0.240 e. The van der Waals surface area contributed by atoms with E-state index in [1.165, 1.54) is 0 Å². The molecule has 0 fully saturated rings. The highest BCUT2D eigenvalue weighted by molar-refractivity contribution is 14.1. The fourth-order valence-corrected chi connectivity index (χ4v) is 1.79. The molecule has 0 radical (unpaired) electrons. The monoisotopic (exact) mass is 370 g/mol. The second kappa shape index (κ2) is 6.10. The Kier molecular flexibility index (Phi) is 4.47. The second-order valence-electron chi connectivity index (χ2n) is 4.27. The Balaban J connectivity index is 2.18. The van der Waals surface area contributed by atoms with Crippen molar-refractivity contribution in [1.82, 2.24) is 4.98 Å². The van der Waals surface area contributed by atoms with Crippen LogP contribution in [0.4, 0.5) is 5.69 Å². The van der Waals surface area contributed by atoms with Crippen molar-refractivity contribution in [3.05, 3.63) is 40.0 Å². The number of rotatable bonds is 4. The molecule has 0 unspecified atom stereocenters. The van der Waals surface area contributed by atoms with Crippen LogP contribution >= 0.6 is 22.6 Å². The predicted octanol–water partition coefficient (Wildman–Crippen LogP) is 3.85. The van der Waals surface area contributed by atoms with Gasteiger partial charge in [-0.2, -0.15) is 4.98 Å². The topological polar surface area (TPSA) is 57.4 Å². The van der Waals surface area contributed by atoms with Crippen LogP contribution in [0.5, 0.6) is 17.5 Å². The molecule has 0 atom stereocenters. The van der Waals surface area contributed by atoms with E-state index in [1.54, 1.807) is 12.1 Å². The average Bonchev–Trinajstić information content (AvgIpc) is 2.36. The van der Waals surface area contributed by atoms with Gasteiger partial charge in [-0.05, 0) is 66.8 Å². The first-order chi connectivity index (χ1) is 9.04. The van der Waals surface area contributed by atoms with Crippen molar-refractivity contribution >= 4 is 28.3 Å². The van der Waals surface area contributed by atoms with E-state index in [9.17, 15) is 0 Å². The summed E-state index contributed by atoms with van der Waals surface area (Å²) < 4.78 is 12.3. The molecule has 100 valence electrons. The number of nitrogens with zero attached hydrogens (tertiary/aromatic N) is 1. The Morgan fingerprint density at radius 1 is 1.11 bits per heavy atom. The standard InChI is InChI=1S/C14H15IN2O2/c1-9(2)18-14-12(16)7-8-13(17-14)19-11-5-3-10(15)4-6-11/h3-9H,16H2,1-2H3. The Morgan fingerprint density at radius 2 is 1.79 bits per heavy atom. The second-order valence-corrected chi connectivity index (χ2v) is 5.51. The van der Waals surface area contributed by atoms with E-state index < -0.39 is 0 Å². The van der Waals surface area contributed by atoms with Crippen molar-refractivity contribution < 1.29 is 9.47 Å². The molecule has 5 heteroatoms. The molecule has 0 aliphatic rings. The molecule has 2 N–H and O–H groups in total. The average molecular weight is 370 g/mol. The lowest BCUT2D eigenvalue weighted by molar-refractivity contribution is 0.232. The first kappa shape index (κ1) is 13.9. The zero-order valence-corrected chi connectivity index (χ0v) is 12.9. The van der Waals surface area contributed by atoms with E-state index in [0.717, 1.165) is 9.32 Å². The van der Waals surface area contributed by atoms with Gasteiger partial charge >= 0.3 is 0 Å². The van der Waals surface area contributed by atoms with E-state index >= 15 is 0 Å². The molecule has 0 saturated carbocycles. The number of nitrogen functional groups attached to an aromatic ring is 1. The van der Waals surface area contributed by atoms with Gasteiger partial charge < -0.3 is 15.2 Å². The molecule has 0 saturated heterocycles. The Bertz CT molecular complexity index is 556. The Hall–Kier alpha value is -1.50. The van der Waals surface area contributed by atoms with E-state index in [-0.39, 0.29) is 6.10 Å². The van der Waals surface area contributed by atoms with E-state index in [4.69, 9.17) is 15.2 Å². The molecular formula is C14H15IN2O2. The van der Waals surface area contributed by atoms with Crippen molar-refractivity contribution in [2.75, 3.05) is 5.73 Å². The van der Waals surface area contributed by atoms with Crippen molar-refractivity contribution in [2.24, 2.45) is 0 Å². The number of halogens is 1. The molecule has 1 aromatic heterocycles. The molecule has 4 nitrogen and oxygen atoms in total. The van der Waals surface area contributed by atoms with Crippen LogP contribution < -0.4 is 15.2 Å². The van der Waals surface area contributed by atoms with Gasteiger partial charge in [0.1, 0.15) is 5.75 Å². The summed E-state index contributed by atoms with van der Waals surface area (Å²) in [4.78, 5) is 4.26. The van der Waals surface area contributed by atoms with Crippen LogP contribution in [-0.4, -0.2) is 11.1 Å². The van der Waals surface area contributed by atoms with Gasteiger partial charge in [0.25, 0.3) is 0 Å². The van der Waals surface area contributed by atoms with E-state index in [2.05, 4.69) is 27.6 Å². The molecule has 1 heterocycles. The summed E-state index contributed by atoms with van der Waals surface area (Å²) in [6.45, 7) is 3.85. The molecule has 2 rings (SSSR count). The first-order valence-electron chi connectivity index (χ1n) is 5.91. The van der Waals surface area contributed by atoms with Crippen molar-refractivity contribution in [3.63, 3.8) is 0 Å². The van der Waals surface area contributed by atoms with E-state index in [0.29, 0.717) is 17.4 Å². The number of hydrogen-bond acceptors (Lipinski definition) is 4. The SMILES string of the molecule is CC(C)Oc1nc(Oc2ccc(I)cc2)ccc1N. The molecule has 0 aliphatic carbocycles. The fraction of sp³-hybridized carbons (Fsp3) is 0.214. The summed E-state index contributed by atoms with van der Waals surface area (Å²) in [5, 5.41) is 0. The Morgan fingerprint density at radius 3 is 2.42 bits per heavy atom.